The van der Waals surface area contributed by atoms with Crippen molar-refractivity contribution < 1.29 is 22.9 Å². The third-order valence-electron chi connectivity index (χ3n) is 5.93. The molecule has 3 rings (SSSR count). The van der Waals surface area contributed by atoms with Gasteiger partial charge in [0, 0.05) is 34.8 Å². The van der Waals surface area contributed by atoms with Crippen LogP contribution in [0.3, 0.4) is 0 Å². The Morgan fingerprint density at radius 3 is 2.45 bits per heavy atom. The minimum absolute atomic E-state index is 0.0513. The highest BCUT2D eigenvalue weighted by Gasteiger charge is 2.28. The summed E-state index contributed by atoms with van der Waals surface area (Å²) in [7, 11) is -4.21. The molecule has 3 aromatic rings. The van der Waals surface area contributed by atoms with Gasteiger partial charge in [-0.25, -0.2) is 13.1 Å². The van der Waals surface area contributed by atoms with E-state index in [0.717, 1.165) is 12.1 Å². The number of non-ortho nitro benzene ring substituents is 1. The number of amides is 1. The van der Waals surface area contributed by atoms with Crippen LogP contribution in [-0.2, 0) is 10.0 Å². The molecule has 0 aliphatic carbocycles. The van der Waals surface area contributed by atoms with E-state index in [1.165, 1.54) is 10.7 Å². The fraction of sp³-hybridized carbons (Fsp3) is 0.360. The molecular weight excluding hydrogens is 534 g/mol. The van der Waals surface area contributed by atoms with Crippen LogP contribution in [0.5, 0.6) is 11.6 Å². The molecule has 2 aromatic carbocycles. The summed E-state index contributed by atoms with van der Waals surface area (Å²) in [6, 6.07) is 9.40. The quantitative estimate of drug-likeness (QED) is 0.242. The molecule has 0 radical (unpaired) electrons. The zero-order valence-electron chi connectivity index (χ0n) is 21.7. The number of halogens is 1. The number of aromatic nitrogens is 2. The van der Waals surface area contributed by atoms with Crippen LogP contribution in [0.15, 0.2) is 47.4 Å². The molecule has 1 amide bonds. The molecule has 0 aliphatic heterocycles. The molecule has 0 saturated heterocycles. The average molecular weight is 564 g/mol. The number of benzene rings is 2. The first-order chi connectivity index (χ1) is 17.9. The molecule has 0 spiro atoms. The Bertz CT molecular complexity index is 1460. The predicted molar refractivity (Wildman–Crippen MR) is 144 cm³/mol. The van der Waals surface area contributed by atoms with Crippen molar-refractivity contribution in [3.05, 3.63) is 68.9 Å². The van der Waals surface area contributed by atoms with E-state index in [0.29, 0.717) is 29.1 Å². The van der Waals surface area contributed by atoms with E-state index in [4.69, 9.17) is 16.3 Å². The molecule has 0 bridgehead atoms. The number of hydrogen-bond acceptors (Lipinski definition) is 7. The van der Waals surface area contributed by atoms with Crippen molar-refractivity contribution in [1.29, 1.82) is 0 Å². The second kappa shape index (κ2) is 11.9. The van der Waals surface area contributed by atoms with Crippen LogP contribution in [0, 0.1) is 17.0 Å². The van der Waals surface area contributed by atoms with E-state index in [1.54, 1.807) is 45.0 Å². The number of carbonyl (C=O) groups is 1. The first kappa shape index (κ1) is 29.1. The fourth-order valence-corrected chi connectivity index (χ4v) is 5.07. The number of sulfonamides is 1. The highest BCUT2D eigenvalue weighted by molar-refractivity contribution is 7.89. The lowest BCUT2D eigenvalue weighted by Gasteiger charge is -2.16. The first-order valence-electron chi connectivity index (χ1n) is 12.0. The van der Waals surface area contributed by atoms with Crippen molar-refractivity contribution in [2.75, 3.05) is 0 Å². The first-order valence-corrected chi connectivity index (χ1v) is 13.9. The van der Waals surface area contributed by atoms with Gasteiger partial charge in [0.2, 0.25) is 15.9 Å². The summed E-state index contributed by atoms with van der Waals surface area (Å²) in [5.41, 5.74) is 0.449. The number of nitro groups is 1. The molecule has 0 aliphatic rings. The van der Waals surface area contributed by atoms with Gasteiger partial charge < -0.3 is 10.1 Å². The van der Waals surface area contributed by atoms with Gasteiger partial charge in [0.05, 0.1) is 10.6 Å². The van der Waals surface area contributed by atoms with Crippen LogP contribution in [0.1, 0.15) is 56.6 Å². The van der Waals surface area contributed by atoms with Crippen molar-refractivity contribution in [2.24, 2.45) is 0 Å². The average Bonchev–Trinajstić information content (AvgIpc) is 3.19. The Hall–Kier alpha value is -3.48. The zero-order valence-corrected chi connectivity index (χ0v) is 23.3. The van der Waals surface area contributed by atoms with Crippen LogP contribution in [0.25, 0.3) is 5.69 Å². The number of rotatable bonds is 11. The number of carbonyl (C=O) groups excluding carboxylic acids is 1. The van der Waals surface area contributed by atoms with Crippen molar-refractivity contribution in [1.82, 2.24) is 19.8 Å². The maximum Gasteiger partial charge on any atom is 0.272 e. The molecule has 2 N–H and O–H groups in total. The lowest BCUT2D eigenvalue weighted by Crippen LogP contribution is -2.32. The second-order valence-electron chi connectivity index (χ2n) is 8.87. The second-order valence-corrected chi connectivity index (χ2v) is 11.0. The smallest absolute Gasteiger partial charge is 0.272 e. The van der Waals surface area contributed by atoms with Crippen molar-refractivity contribution >= 4 is 33.2 Å². The van der Waals surface area contributed by atoms with Crippen molar-refractivity contribution in [3.8, 4) is 17.3 Å². The van der Waals surface area contributed by atoms with Gasteiger partial charge in [-0.3, -0.25) is 14.9 Å². The monoisotopic (exact) mass is 563 g/mol. The SMILES string of the molecule is CC[C@@H](C)NC(=O)c1nn(-c2cccc(Cl)c2)c(Oc2ccc([N+](=O)[O-])cc2S(=O)(=O)N[C@@H](C)CC)c1C. The van der Waals surface area contributed by atoms with E-state index in [9.17, 15) is 23.3 Å². The zero-order chi connectivity index (χ0) is 28.2. The number of nitrogens with one attached hydrogen (secondary N) is 2. The molecule has 2 atom stereocenters. The summed E-state index contributed by atoms with van der Waals surface area (Å²) in [6.07, 6.45) is 1.20. The lowest BCUT2D eigenvalue weighted by atomic mass is 10.2. The Morgan fingerprint density at radius 2 is 1.84 bits per heavy atom. The fourth-order valence-electron chi connectivity index (χ4n) is 3.41. The molecule has 1 heterocycles. The summed E-state index contributed by atoms with van der Waals surface area (Å²) >= 11 is 6.19. The van der Waals surface area contributed by atoms with E-state index in [2.05, 4.69) is 15.1 Å². The molecular formula is C25H30ClN5O6S. The van der Waals surface area contributed by atoms with Crippen LogP contribution in [-0.4, -0.2) is 41.1 Å². The van der Waals surface area contributed by atoms with Crippen LogP contribution in [0.2, 0.25) is 5.02 Å². The summed E-state index contributed by atoms with van der Waals surface area (Å²) in [6.45, 7) is 8.89. The Balaban J connectivity index is 2.20. The molecule has 0 fully saturated rings. The third kappa shape index (κ3) is 6.50. The highest BCUT2D eigenvalue weighted by Crippen LogP contribution is 2.36. The van der Waals surface area contributed by atoms with Crippen LogP contribution in [0.4, 0.5) is 5.69 Å². The van der Waals surface area contributed by atoms with Gasteiger partial charge in [-0.1, -0.05) is 31.5 Å². The van der Waals surface area contributed by atoms with E-state index in [-0.39, 0.29) is 23.4 Å². The predicted octanol–water partition coefficient (Wildman–Crippen LogP) is 5.14. The van der Waals surface area contributed by atoms with E-state index < -0.39 is 37.5 Å². The minimum Gasteiger partial charge on any atom is -0.437 e. The number of ether oxygens (including phenoxy) is 1. The molecule has 38 heavy (non-hydrogen) atoms. The minimum atomic E-state index is -4.21. The van der Waals surface area contributed by atoms with Crippen LogP contribution < -0.4 is 14.8 Å². The maximum absolute atomic E-state index is 13.2. The maximum atomic E-state index is 13.2. The van der Waals surface area contributed by atoms with Gasteiger partial charge in [-0.05, 0) is 57.9 Å². The Kier molecular flexibility index (Phi) is 9.13. The topological polar surface area (TPSA) is 145 Å². The summed E-state index contributed by atoms with van der Waals surface area (Å²) < 4.78 is 36.4. The summed E-state index contributed by atoms with van der Waals surface area (Å²) in [5, 5.41) is 19.1. The molecule has 0 saturated carbocycles. The van der Waals surface area contributed by atoms with Gasteiger partial charge in [-0.2, -0.15) is 9.78 Å². The molecule has 204 valence electrons. The lowest BCUT2D eigenvalue weighted by molar-refractivity contribution is -0.385. The number of nitro benzene ring substituents is 1. The number of nitrogens with zero attached hydrogens (tertiary/aromatic N) is 3. The molecule has 1 aromatic heterocycles. The molecule has 11 nitrogen and oxygen atoms in total. The van der Waals surface area contributed by atoms with Gasteiger partial charge in [0.15, 0.2) is 5.69 Å². The Morgan fingerprint density at radius 1 is 1.16 bits per heavy atom. The van der Waals surface area contributed by atoms with Crippen LogP contribution >= 0.6 is 11.6 Å². The standard InChI is InChI=1S/C25H30ClN5O6S/c1-6-15(3)27-24(32)23-17(5)25(30(28-23)19-10-8-9-18(26)13-19)37-21-12-11-20(31(33)34)14-22(21)38(35,36)29-16(4)7-2/h8-16,29H,6-7H2,1-5H3,(H,27,32)/t15-,16+/m1/s1. The molecule has 0 unspecified atom stereocenters. The third-order valence-corrected chi connectivity index (χ3v) is 7.77. The van der Waals surface area contributed by atoms with Crippen molar-refractivity contribution in [3.63, 3.8) is 0 Å². The largest absolute Gasteiger partial charge is 0.437 e. The summed E-state index contributed by atoms with van der Waals surface area (Å²) in [4.78, 5) is 23.3. The summed E-state index contributed by atoms with van der Waals surface area (Å²) in [5.74, 6) is -0.556. The number of hydrogen-bond donors (Lipinski definition) is 2. The Labute approximate surface area is 226 Å². The molecule has 13 heteroatoms. The van der Waals surface area contributed by atoms with Gasteiger partial charge in [0.1, 0.15) is 10.6 Å². The van der Waals surface area contributed by atoms with E-state index >= 15 is 0 Å². The van der Waals surface area contributed by atoms with Gasteiger partial charge in [-0.15, -0.1) is 0 Å². The van der Waals surface area contributed by atoms with E-state index in [1.807, 2.05) is 13.8 Å². The highest BCUT2D eigenvalue weighted by atomic mass is 35.5. The van der Waals surface area contributed by atoms with Gasteiger partial charge >= 0.3 is 0 Å². The van der Waals surface area contributed by atoms with Gasteiger partial charge in [0.25, 0.3) is 11.6 Å². The van der Waals surface area contributed by atoms with Crippen molar-refractivity contribution in [2.45, 2.75) is 64.4 Å². The normalized spacial score (nSPS) is 13.1.